The number of ether oxygens (including phenoxy) is 6. The molecule has 80 heavy (non-hydrogen) atoms. The minimum absolute atomic E-state index is 0.0535. The minimum Gasteiger partial charge on any atom is -0.390 e. The van der Waals surface area contributed by atoms with E-state index in [-0.39, 0.29) is 26.2 Å². The van der Waals surface area contributed by atoms with Crippen LogP contribution in [0.25, 0.3) is 0 Å². The van der Waals surface area contributed by atoms with Crippen molar-refractivity contribution in [3.05, 3.63) is 32.6 Å². The summed E-state index contributed by atoms with van der Waals surface area (Å²) in [5.74, 6) is 0. The van der Waals surface area contributed by atoms with E-state index in [0.29, 0.717) is 18.6 Å². The number of aryl methyl sites for hydroxylation is 1. The lowest BCUT2D eigenvalue weighted by atomic mass is 10.1. The molecule has 0 spiro atoms. The van der Waals surface area contributed by atoms with Crippen LogP contribution < -0.4 is 17.0 Å². The second kappa shape index (κ2) is 52.0. The third-order valence-corrected chi connectivity index (χ3v) is 16.1. The smallest absolute Gasteiger partial charge is 0.390 e. The van der Waals surface area contributed by atoms with Gasteiger partial charge in [-0.15, -0.1) is 0 Å². The fourth-order valence-corrected chi connectivity index (χ4v) is 10.7. The van der Waals surface area contributed by atoms with Crippen LogP contribution in [0.1, 0.15) is 237 Å². The summed E-state index contributed by atoms with van der Waals surface area (Å²) in [6.07, 6.45) is 35.2. The maximum Gasteiger partial charge on any atom is 0.472 e. The van der Waals surface area contributed by atoms with Crippen LogP contribution in [-0.4, -0.2) is 136 Å². The lowest BCUT2D eigenvalue weighted by Gasteiger charge is -2.18. The fraction of sp³-hybridized carbons (Fsp3) is 0.931. The van der Waals surface area contributed by atoms with Gasteiger partial charge >= 0.3 is 21.3 Å². The first-order chi connectivity index (χ1) is 38.9. The Morgan fingerprint density at radius 2 is 0.750 bits per heavy atom. The average molecular weight is 1190 g/mol. The molecule has 0 bridgehead atoms. The maximum absolute atomic E-state index is 12.3. The number of aromatic nitrogens is 2. The summed E-state index contributed by atoms with van der Waals surface area (Å²) in [7, 11) is -8.30. The minimum atomic E-state index is -4.35. The SMILES string of the molecule is Cc1cn([C@H]2C[C@H](O)[C@@H](COP(=O)(O)OCCCCCCOCCCCCCOCCCCCCOCCCCCCOCCCCCCOCCCCCCOP(=O)(O)OCCCCCCCCCCCCN)O2)c(=O)[nH]c1=O. The zero-order chi connectivity index (χ0) is 57.9. The predicted molar refractivity (Wildman–Crippen MR) is 314 cm³/mol. The predicted octanol–water partition coefficient (Wildman–Crippen LogP) is 12.1. The van der Waals surface area contributed by atoms with Gasteiger partial charge in [-0.25, -0.2) is 13.9 Å². The van der Waals surface area contributed by atoms with Crippen LogP contribution in [-0.2, 0) is 55.6 Å². The Kier molecular flexibility index (Phi) is 48.5. The quantitative estimate of drug-likeness (QED) is 0.0300. The highest BCUT2D eigenvalue weighted by Gasteiger charge is 2.37. The van der Waals surface area contributed by atoms with Gasteiger partial charge in [0.25, 0.3) is 5.56 Å². The molecule has 0 amide bonds. The van der Waals surface area contributed by atoms with E-state index in [1.165, 1.54) is 81.4 Å². The van der Waals surface area contributed by atoms with Crippen molar-refractivity contribution >= 4 is 15.6 Å². The van der Waals surface area contributed by atoms with Crippen molar-refractivity contribution in [3.8, 4) is 0 Å². The number of aliphatic hydroxyl groups is 1. The first-order valence-corrected chi connectivity index (χ1v) is 34.4. The molecule has 0 radical (unpaired) electrons. The van der Waals surface area contributed by atoms with Crippen LogP contribution in [0.15, 0.2) is 15.8 Å². The van der Waals surface area contributed by atoms with Crippen molar-refractivity contribution in [3.63, 3.8) is 0 Å². The van der Waals surface area contributed by atoms with Crippen molar-refractivity contribution in [1.29, 1.82) is 0 Å². The standard InChI is InChI=1S/C58H113N3O17P2/c1-53-51-61(58(64)60-57(53)63)56-50-54(62)55(78-56)52-77-80(67,68)76-49-35-21-19-32-46-73-44-30-17-15-28-42-71-40-26-13-11-24-38-69-37-23-10-12-25-39-70-41-27-14-16-29-43-72-45-31-18-20-34-48-75-79(65,66)74-47-33-9-7-5-3-2-4-6-8-22-36-59/h51,54-56,62H,2-50,52,59H2,1H3,(H,65,66)(H,67,68)(H,60,63,64)/t54-,55+,56+/m0/s1. The Bertz CT molecular complexity index is 1780. The van der Waals surface area contributed by atoms with E-state index in [9.17, 15) is 33.6 Å². The van der Waals surface area contributed by atoms with E-state index in [0.717, 1.165) is 207 Å². The van der Waals surface area contributed by atoms with Crippen molar-refractivity contribution in [2.75, 3.05) is 99.0 Å². The van der Waals surface area contributed by atoms with Gasteiger partial charge in [0.2, 0.25) is 0 Å². The molecule has 5 atom stereocenters. The fourth-order valence-electron chi connectivity index (χ4n) is 9.16. The Labute approximate surface area is 481 Å². The summed E-state index contributed by atoms with van der Waals surface area (Å²) < 4.78 is 80.7. The molecular weight excluding hydrogens is 1070 g/mol. The van der Waals surface area contributed by atoms with E-state index >= 15 is 0 Å². The van der Waals surface area contributed by atoms with E-state index in [2.05, 4.69) is 4.98 Å². The van der Waals surface area contributed by atoms with Gasteiger partial charge in [0.15, 0.2) is 0 Å². The molecule has 1 fully saturated rings. The molecule has 1 aromatic rings. The summed E-state index contributed by atoms with van der Waals surface area (Å²) in [6.45, 7) is 10.5. The molecular formula is C58H113N3O17P2. The second-order valence-electron chi connectivity index (χ2n) is 21.5. The molecule has 22 heteroatoms. The zero-order valence-electron chi connectivity index (χ0n) is 49.6. The van der Waals surface area contributed by atoms with Crippen LogP contribution in [0.3, 0.4) is 0 Å². The lowest BCUT2D eigenvalue weighted by Crippen LogP contribution is -2.33. The Morgan fingerprint density at radius 3 is 1.06 bits per heavy atom. The lowest BCUT2D eigenvalue weighted by molar-refractivity contribution is -0.0465. The van der Waals surface area contributed by atoms with E-state index in [4.69, 9.17) is 52.2 Å². The summed E-state index contributed by atoms with van der Waals surface area (Å²) in [5.41, 5.74) is 4.67. The summed E-state index contributed by atoms with van der Waals surface area (Å²) >= 11 is 0. The molecule has 2 rings (SSSR count). The van der Waals surface area contributed by atoms with Gasteiger partial charge in [0.1, 0.15) is 12.3 Å². The zero-order valence-corrected chi connectivity index (χ0v) is 51.4. The highest BCUT2D eigenvalue weighted by molar-refractivity contribution is 7.47. The highest BCUT2D eigenvalue weighted by Crippen LogP contribution is 2.45. The summed E-state index contributed by atoms with van der Waals surface area (Å²) in [5, 5.41) is 10.3. The number of unbranched alkanes of at least 4 members (excludes halogenated alkanes) is 27. The number of phosphoric ester groups is 2. The van der Waals surface area contributed by atoms with Crippen molar-refractivity contribution in [2.24, 2.45) is 5.73 Å². The Hall–Kier alpha value is -1.42. The molecule has 1 aromatic heterocycles. The average Bonchev–Trinajstić information content (AvgIpc) is 3.81. The Balaban J connectivity index is 1.18. The van der Waals surface area contributed by atoms with Crippen LogP contribution >= 0.6 is 15.6 Å². The molecule has 0 aliphatic carbocycles. The first-order valence-electron chi connectivity index (χ1n) is 31.4. The molecule has 2 heterocycles. The topological polar surface area (TPSA) is 268 Å². The van der Waals surface area contributed by atoms with Crippen molar-refractivity contribution in [2.45, 2.75) is 250 Å². The van der Waals surface area contributed by atoms with Crippen LogP contribution in [0.2, 0.25) is 0 Å². The molecule has 20 nitrogen and oxygen atoms in total. The van der Waals surface area contributed by atoms with Gasteiger partial charge in [0, 0.05) is 84.2 Å². The largest absolute Gasteiger partial charge is 0.472 e. The van der Waals surface area contributed by atoms with E-state index < -0.39 is 51.9 Å². The number of rotatable bonds is 61. The maximum atomic E-state index is 12.3. The molecule has 0 saturated carbocycles. The van der Waals surface area contributed by atoms with Gasteiger partial charge < -0.3 is 49.0 Å². The van der Waals surface area contributed by atoms with Crippen LogP contribution in [0.5, 0.6) is 0 Å². The molecule has 0 aromatic carbocycles. The molecule has 1 saturated heterocycles. The number of aromatic amines is 1. The Morgan fingerprint density at radius 1 is 0.475 bits per heavy atom. The molecule has 1 aliphatic heterocycles. The van der Waals surface area contributed by atoms with Gasteiger partial charge in [-0.3, -0.25) is 32.4 Å². The van der Waals surface area contributed by atoms with E-state index in [1.54, 1.807) is 6.92 Å². The van der Waals surface area contributed by atoms with Crippen LogP contribution in [0.4, 0.5) is 0 Å². The van der Waals surface area contributed by atoms with Gasteiger partial charge in [0.05, 0.1) is 32.5 Å². The number of nitrogens with two attached hydrogens (primary N) is 1. The summed E-state index contributed by atoms with van der Waals surface area (Å²) in [6, 6.07) is 0. The highest BCUT2D eigenvalue weighted by atomic mass is 31.2. The van der Waals surface area contributed by atoms with Crippen molar-refractivity contribution < 1.29 is 70.5 Å². The molecule has 1 aliphatic rings. The number of H-pyrrole nitrogens is 1. The van der Waals surface area contributed by atoms with Crippen LogP contribution in [0, 0.1) is 6.92 Å². The van der Waals surface area contributed by atoms with E-state index in [1.807, 2.05) is 0 Å². The monoisotopic (exact) mass is 1190 g/mol. The third kappa shape index (κ3) is 44.1. The molecule has 472 valence electrons. The number of nitrogens with one attached hydrogen (secondary N) is 1. The number of hydrogen-bond acceptors (Lipinski definition) is 16. The number of aliphatic hydroxyl groups excluding tert-OH is 1. The van der Waals surface area contributed by atoms with Crippen molar-refractivity contribution in [1.82, 2.24) is 9.55 Å². The molecule has 2 unspecified atom stereocenters. The number of nitrogens with zero attached hydrogens (tertiary/aromatic N) is 1. The van der Waals surface area contributed by atoms with Gasteiger partial charge in [-0.1, -0.05) is 128 Å². The third-order valence-electron chi connectivity index (χ3n) is 14.1. The molecule has 6 N–H and O–H groups in total. The summed E-state index contributed by atoms with van der Waals surface area (Å²) in [4.78, 5) is 46.0. The normalized spacial score (nSPS) is 17.1. The number of hydrogen-bond donors (Lipinski definition) is 5. The van der Waals surface area contributed by atoms with Gasteiger partial charge in [-0.05, 0) is 103 Å². The van der Waals surface area contributed by atoms with Gasteiger partial charge in [-0.2, -0.15) is 0 Å². The first kappa shape index (κ1) is 74.7. The second-order valence-corrected chi connectivity index (χ2v) is 24.4. The number of phosphoric acid groups is 2.